The lowest BCUT2D eigenvalue weighted by atomic mass is 9.96. The van der Waals surface area contributed by atoms with E-state index in [9.17, 15) is 77.2 Å². The van der Waals surface area contributed by atoms with Crippen molar-refractivity contribution in [2.45, 2.75) is 228 Å². The van der Waals surface area contributed by atoms with Crippen molar-refractivity contribution in [2.75, 3.05) is 165 Å². The monoisotopic (exact) mass is 1880 g/mol. The molecule has 130 heavy (non-hydrogen) atoms. The van der Waals surface area contributed by atoms with Crippen LogP contribution in [0.15, 0.2) is 24.3 Å². The summed E-state index contributed by atoms with van der Waals surface area (Å²) in [6, 6.07) is 5.10. The summed E-state index contributed by atoms with van der Waals surface area (Å²) in [7, 11) is -0.499. The van der Waals surface area contributed by atoms with Gasteiger partial charge in [-0.3, -0.25) is 76.8 Å². The Kier molecular flexibility index (Phi) is 56.6. The van der Waals surface area contributed by atoms with Crippen LogP contribution in [-0.2, 0) is 182 Å². The molecule has 0 saturated carbocycles. The van der Waals surface area contributed by atoms with E-state index in [-0.39, 0.29) is 150 Å². The van der Waals surface area contributed by atoms with Gasteiger partial charge in [-0.2, -0.15) is 5.26 Å². The number of nitrogens with zero attached hydrogens (tertiary/aromatic N) is 3. The van der Waals surface area contributed by atoms with E-state index in [2.05, 4.69) is 38.0 Å². The van der Waals surface area contributed by atoms with Crippen molar-refractivity contribution in [3.05, 3.63) is 29.8 Å². The number of carbonyl (C=O) groups is 15. The molecule has 48 heteroatoms. The molecule has 1 aromatic rings. The van der Waals surface area contributed by atoms with Crippen LogP contribution in [0.25, 0.3) is 0 Å². The second-order valence-electron chi connectivity index (χ2n) is 29.5. The second-order valence-corrected chi connectivity index (χ2v) is 30.8. The van der Waals surface area contributed by atoms with E-state index >= 15 is 0 Å². The first-order valence-electron chi connectivity index (χ1n) is 42.1. The highest BCUT2D eigenvalue weighted by Gasteiger charge is 2.53. The van der Waals surface area contributed by atoms with E-state index in [0.29, 0.717) is 11.3 Å². The van der Waals surface area contributed by atoms with Gasteiger partial charge in [-0.15, -0.1) is 0 Å². The van der Waals surface area contributed by atoms with Crippen LogP contribution in [0.3, 0.4) is 0 Å². The molecule has 47 nitrogen and oxygen atoms in total. The van der Waals surface area contributed by atoms with Gasteiger partial charge < -0.3 is 140 Å². The summed E-state index contributed by atoms with van der Waals surface area (Å²) in [5.41, 5.74) is 0.556. The van der Waals surface area contributed by atoms with E-state index in [4.69, 9.17) is 109 Å². The molecule has 2 saturated heterocycles. The molecule has 0 aliphatic carbocycles. The first-order chi connectivity index (χ1) is 61.7. The number of benzene rings is 1. The van der Waals surface area contributed by atoms with Crippen LogP contribution in [-0.4, -0.2) is 368 Å². The van der Waals surface area contributed by atoms with Crippen LogP contribution in [0.1, 0.15) is 123 Å². The zero-order valence-corrected chi connectivity index (χ0v) is 77.7. The zero-order chi connectivity index (χ0) is 96.8. The number of rotatable bonds is 65. The zero-order valence-electron chi connectivity index (χ0n) is 76.8. The van der Waals surface area contributed by atoms with Crippen LogP contribution in [0.5, 0.6) is 5.75 Å². The van der Waals surface area contributed by atoms with Crippen molar-refractivity contribution in [1.29, 1.82) is 5.26 Å². The minimum Gasteiger partial charge on any atom is -0.463 e. The van der Waals surface area contributed by atoms with Crippen molar-refractivity contribution in [2.24, 2.45) is 0 Å². The number of hydrogen-bond acceptors (Lipinski definition) is 41. The van der Waals surface area contributed by atoms with Gasteiger partial charge in [-0.25, -0.2) is 4.67 Å². The van der Waals surface area contributed by atoms with Crippen molar-refractivity contribution in [3.63, 3.8) is 0 Å². The second kappa shape index (κ2) is 64.2. The molecule has 736 valence electrons. The quantitative estimate of drug-likeness (QED) is 0.0154. The van der Waals surface area contributed by atoms with Crippen LogP contribution in [0, 0.1) is 11.3 Å². The smallest absolute Gasteiger partial charge is 0.321 e. The van der Waals surface area contributed by atoms with Gasteiger partial charge in [0.25, 0.3) is 0 Å². The summed E-state index contributed by atoms with van der Waals surface area (Å²) in [5.74, 6) is -10.2. The van der Waals surface area contributed by atoms with E-state index in [1.807, 2.05) is 32.4 Å². The number of methoxy groups -OCH3 is 1. The van der Waals surface area contributed by atoms with E-state index in [0.717, 1.165) is 62.3 Å². The highest BCUT2D eigenvalue weighted by Crippen LogP contribution is 2.46. The Morgan fingerprint density at radius 3 is 1.25 bits per heavy atom. The maximum Gasteiger partial charge on any atom is 0.321 e. The SMILES string of the molecule is COC(COC(C)=O)C(OC(C)=O)C(OC(C)=O)C(NC(C)=O)OCCOCCOCCNC(=O)CN(CC(=O)NCCOCCOCCOC1OC(COC(C)=O)C(OC(C)=O)C(OC(C)=O)C1NC(C)=O)C(Cc1ccc(OP(OCCC#N)N(C(C)C)C(C)C)cc1)C(=O)NCCOCCOCCOC1OC(COC(C)=O)C(OC(C)=O)C(OC(C)=O)C1NC(C)=O. The molecule has 2 aliphatic rings. The van der Waals surface area contributed by atoms with E-state index in [1.165, 1.54) is 32.8 Å². The van der Waals surface area contributed by atoms with Gasteiger partial charge in [-0.1, -0.05) is 12.1 Å². The van der Waals surface area contributed by atoms with Crippen molar-refractivity contribution in [1.82, 2.24) is 41.5 Å². The van der Waals surface area contributed by atoms with Gasteiger partial charge in [-0.05, 0) is 51.8 Å². The molecular formula is C82H130N9O38P. The Hall–Kier alpha value is -9.61. The number of amides is 6. The highest BCUT2D eigenvalue weighted by atomic mass is 31.2. The van der Waals surface area contributed by atoms with Crippen molar-refractivity contribution >= 4 is 97.7 Å². The lowest BCUT2D eigenvalue weighted by Crippen LogP contribution is -2.66. The summed E-state index contributed by atoms with van der Waals surface area (Å²) in [6.45, 7) is 17.9. The van der Waals surface area contributed by atoms with Gasteiger partial charge in [0.15, 0.2) is 55.4 Å². The maximum atomic E-state index is 14.9. The fraction of sp³-hybridized carbons (Fsp3) is 0.732. The van der Waals surface area contributed by atoms with E-state index < -0.39 is 222 Å². The van der Waals surface area contributed by atoms with Gasteiger partial charge in [0.2, 0.25) is 35.4 Å². The third-order valence-corrected chi connectivity index (χ3v) is 19.9. The van der Waals surface area contributed by atoms with Crippen LogP contribution < -0.4 is 36.4 Å². The Morgan fingerprint density at radius 1 is 0.462 bits per heavy atom. The van der Waals surface area contributed by atoms with Crippen molar-refractivity contribution in [3.8, 4) is 11.8 Å². The summed E-state index contributed by atoms with van der Waals surface area (Å²) in [5, 5.41) is 25.5. The highest BCUT2D eigenvalue weighted by molar-refractivity contribution is 7.45. The van der Waals surface area contributed by atoms with Crippen LogP contribution in [0.2, 0.25) is 0 Å². The number of carbonyl (C=O) groups excluding carboxylic acids is 15. The van der Waals surface area contributed by atoms with Gasteiger partial charge in [0.05, 0.1) is 137 Å². The third kappa shape index (κ3) is 47.5. The minimum absolute atomic E-state index is 0.000977. The molecular weight excluding hydrogens is 1750 g/mol. The van der Waals surface area contributed by atoms with Gasteiger partial charge >= 0.3 is 62.2 Å². The topological polar surface area (TPSA) is 571 Å². The van der Waals surface area contributed by atoms with Crippen LogP contribution in [0.4, 0.5) is 0 Å². The lowest BCUT2D eigenvalue weighted by molar-refractivity contribution is -0.279. The Labute approximate surface area is 756 Å². The largest absolute Gasteiger partial charge is 0.463 e. The molecule has 0 aromatic heterocycles. The fourth-order valence-corrected chi connectivity index (χ4v) is 14.4. The molecule has 3 rings (SSSR count). The normalized spacial score (nSPS) is 19.7. The molecule has 2 heterocycles. The predicted octanol–water partition coefficient (Wildman–Crippen LogP) is -0.732. The molecule has 1 aromatic carbocycles. The molecule has 16 unspecified atom stereocenters. The van der Waals surface area contributed by atoms with Gasteiger partial charge in [0, 0.05) is 122 Å². The average Bonchev–Trinajstić information content (AvgIpc) is 0.788. The number of hydrogen-bond donors (Lipinski definition) is 6. The van der Waals surface area contributed by atoms with Crippen LogP contribution >= 0.6 is 8.53 Å². The average molecular weight is 1880 g/mol. The maximum absolute atomic E-state index is 14.9. The van der Waals surface area contributed by atoms with Crippen molar-refractivity contribution < 1.29 is 180 Å². The number of nitriles is 1. The minimum atomic E-state index is -1.73. The molecule has 6 N–H and O–H groups in total. The molecule has 2 aliphatic heterocycles. The standard InChI is InChI=1S/C82H130N9O38P/c1-49(2)91(50(3)4)130(120-27-18-23-83)129-64-21-19-63(20-22-64)43-65(79(106)86-26-30-110-33-36-113-39-42-116-82-72(88-52(6)93)77(125-61(15)102)75(123-59(13)100)68(128-82)48-119-56(10)97)90(44-69(104)84-24-28-108-31-34-111-37-40-114-80(89-53(7)94)78(126-62(16)103)73(121-57(11)98)66(107-17)46-117-54(8)95)45-70(105)85-25-29-109-32-35-112-38-41-115-81-71(87-51(5)92)76(124-60(14)101)74(122-58(12)99)67(127-81)47-118-55(9)96/h19-22,49-50,65-68,71-78,80-82H,18,24-48H2,1-17H3,(H,84,104)(H,85,105)(H,86,106)(H,87,92)(H,88,93)(H,89,94). The Bertz CT molecular complexity index is 3710. The molecule has 0 spiro atoms. The molecule has 2 fully saturated rings. The Balaban J connectivity index is 1.88. The molecule has 6 amide bonds. The van der Waals surface area contributed by atoms with Gasteiger partial charge in [0.1, 0.15) is 56.0 Å². The summed E-state index contributed by atoms with van der Waals surface area (Å²) in [4.78, 5) is 191. The number of esters is 9. The van der Waals surface area contributed by atoms with E-state index in [1.54, 1.807) is 24.3 Å². The first-order valence-corrected chi connectivity index (χ1v) is 43.2. The Morgan fingerprint density at radius 2 is 0.862 bits per heavy atom. The fourth-order valence-electron chi connectivity index (χ4n) is 12.8. The molecule has 0 bridgehead atoms. The third-order valence-electron chi connectivity index (χ3n) is 17.8. The summed E-state index contributed by atoms with van der Waals surface area (Å²) < 4.78 is 133. The molecule has 16 atom stereocenters. The number of ether oxygens (including phenoxy) is 21. The number of nitrogens with one attached hydrogen (secondary N) is 6. The predicted molar refractivity (Wildman–Crippen MR) is 447 cm³/mol. The summed E-state index contributed by atoms with van der Waals surface area (Å²) >= 11 is 0. The molecule has 0 radical (unpaired) electrons. The summed E-state index contributed by atoms with van der Waals surface area (Å²) in [6.07, 6.45) is -16.1. The lowest BCUT2D eigenvalue weighted by Gasteiger charge is -2.44. The first kappa shape index (κ1) is 115.